The van der Waals surface area contributed by atoms with Crippen molar-refractivity contribution in [2.75, 3.05) is 159 Å². The fourth-order valence-electron chi connectivity index (χ4n) is 4.91. The first kappa shape index (κ1) is 53.9. The van der Waals surface area contributed by atoms with Crippen LogP contribution in [0.5, 0.6) is 0 Å². The Morgan fingerprint density at radius 1 is 0.295 bits per heavy atom. The van der Waals surface area contributed by atoms with Gasteiger partial charge in [0.1, 0.15) is 0 Å². The van der Waals surface area contributed by atoms with Crippen molar-refractivity contribution in [3.8, 4) is 0 Å². The largest absolute Gasteiger partial charge is 0.379 e. The predicted octanol–water partition coefficient (Wildman–Crippen LogP) is 0.351. The Labute approximate surface area is 357 Å². The first-order valence-corrected chi connectivity index (χ1v) is 20.9. The summed E-state index contributed by atoms with van der Waals surface area (Å²) in [5.41, 5.74) is 0. The first-order chi connectivity index (χ1) is 29.9. The molecule has 2 heterocycles. The Morgan fingerprint density at radius 3 is 0.721 bits per heavy atom. The van der Waals surface area contributed by atoms with Gasteiger partial charge in [0.05, 0.1) is 158 Å². The maximum absolute atomic E-state index is 11.7. The van der Waals surface area contributed by atoms with Gasteiger partial charge in [-0.15, -0.1) is 10.1 Å². The minimum absolute atomic E-state index is 0.0538. The number of hydroxylamine groups is 4. The summed E-state index contributed by atoms with van der Waals surface area (Å²) in [7, 11) is 0. The summed E-state index contributed by atoms with van der Waals surface area (Å²) in [6.45, 7) is 10.1. The predicted molar refractivity (Wildman–Crippen MR) is 207 cm³/mol. The Hall–Kier alpha value is -3.26. The summed E-state index contributed by atoms with van der Waals surface area (Å²) in [4.78, 5) is 78.5. The maximum atomic E-state index is 11.7. The van der Waals surface area contributed by atoms with Crippen molar-refractivity contribution in [2.45, 2.75) is 57.8 Å². The zero-order valence-electron chi connectivity index (χ0n) is 35.4. The van der Waals surface area contributed by atoms with Crippen molar-refractivity contribution in [1.82, 2.24) is 10.1 Å². The standard InChI is InChI=1S/C39H66N2O20/c42-34-4-5-35(43)40(34)60-38(46)8-12-50-16-20-54-24-28-58-32-30-56-26-22-52-18-14-48-10-2-1-3-11-49-15-19-53-23-27-57-31-33-59-29-25-55-21-17-51-13-9-39(47)61-41-36(44)6-7-37(41)45/h1-33H2. The van der Waals surface area contributed by atoms with Crippen LogP contribution in [0.2, 0.25) is 0 Å². The van der Waals surface area contributed by atoms with Gasteiger partial charge in [0.15, 0.2) is 0 Å². The second kappa shape index (κ2) is 38.4. The van der Waals surface area contributed by atoms with Gasteiger partial charge < -0.3 is 66.5 Å². The number of hydrogen-bond donors (Lipinski definition) is 0. The molecule has 0 N–H and O–H groups in total. The van der Waals surface area contributed by atoms with Crippen molar-refractivity contribution in [2.24, 2.45) is 0 Å². The molecule has 22 nitrogen and oxygen atoms in total. The third kappa shape index (κ3) is 30.4. The quantitative estimate of drug-likeness (QED) is 0.0593. The lowest BCUT2D eigenvalue weighted by Gasteiger charge is -2.12. The summed E-state index contributed by atoms with van der Waals surface area (Å²) in [6, 6.07) is 0. The molecule has 0 bridgehead atoms. The molecular weight excluding hydrogens is 816 g/mol. The Bertz CT molecular complexity index is 1080. The van der Waals surface area contributed by atoms with E-state index in [0.717, 1.165) is 19.3 Å². The number of unbranched alkanes of at least 4 members (excludes halogenated alkanes) is 2. The van der Waals surface area contributed by atoms with Gasteiger partial charge in [0.25, 0.3) is 23.6 Å². The van der Waals surface area contributed by atoms with Crippen LogP contribution in [0.3, 0.4) is 0 Å². The monoisotopic (exact) mass is 882 g/mol. The molecule has 0 aromatic carbocycles. The van der Waals surface area contributed by atoms with Crippen LogP contribution in [0.15, 0.2) is 0 Å². The van der Waals surface area contributed by atoms with Gasteiger partial charge >= 0.3 is 11.9 Å². The van der Waals surface area contributed by atoms with Crippen LogP contribution < -0.4 is 0 Å². The Morgan fingerprint density at radius 2 is 0.492 bits per heavy atom. The van der Waals surface area contributed by atoms with Crippen LogP contribution in [-0.4, -0.2) is 204 Å². The van der Waals surface area contributed by atoms with E-state index in [1.54, 1.807) is 0 Å². The van der Waals surface area contributed by atoms with Gasteiger partial charge in [-0.2, -0.15) is 0 Å². The smallest absolute Gasteiger partial charge is 0.335 e. The molecule has 0 spiro atoms. The highest BCUT2D eigenvalue weighted by Crippen LogP contribution is 2.13. The van der Waals surface area contributed by atoms with Gasteiger partial charge in [-0.3, -0.25) is 19.2 Å². The van der Waals surface area contributed by atoms with E-state index < -0.39 is 35.6 Å². The Kier molecular flexibility index (Phi) is 33.9. The molecule has 2 saturated heterocycles. The number of carbonyl (C=O) groups excluding carboxylic acids is 6. The molecule has 0 unspecified atom stereocenters. The van der Waals surface area contributed by atoms with E-state index in [0.29, 0.717) is 142 Å². The molecule has 61 heavy (non-hydrogen) atoms. The number of hydrogen-bond acceptors (Lipinski definition) is 20. The normalized spacial score (nSPS) is 14.2. The van der Waals surface area contributed by atoms with Gasteiger partial charge in [0, 0.05) is 38.9 Å². The number of rotatable bonds is 44. The third-order valence-corrected chi connectivity index (χ3v) is 8.10. The van der Waals surface area contributed by atoms with Crippen molar-refractivity contribution in [1.29, 1.82) is 0 Å². The van der Waals surface area contributed by atoms with E-state index in [-0.39, 0.29) is 65.0 Å². The lowest BCUT2D eigenvalue weighted by Crippen LogP contribution is -2.32. The highest BCUT2D eigenvalue weighted by Gasteiger charge is 2.33. The average Bonchev–Trinajstić information content (AvgIpc) is 3.74. The molecular formula is C39H66N2O20. The minimum atomic E-state index is -0.704. The fraction of sp³-hybridized carbons (Fsp3) is 0.846. The van der Waals surface area contributed by atoms with Crippen molar-refractivity contribution in [3.63, 3.8) is 0 Å². The first-order valence-electron chi connectivity index (χ1n) is 20.9. The van der Waals surface area contributed by atoms with Crippen LogP contribution in [0, 0.1) is 0 Å². The highest BCUT2D eigenvalue weighted by molar-refractivity contribution is 6.02. The van der Waals surface area contributed by atoms with Gasteiger partial charge in [0.2, 0.25) is 0 Å². The van der Waals surface area contributed by atoms with Crippen LogP contribution >= 0.6 is 0 Å². The van der Waals surface area contributed by atoms with E-state index in [4.69, 9.17) is 66.5 Å². The number of imide groups is 2. The number of amides is 4. The summed E-state index contributed by atoms with van der Waals surface area (Å²) >= 11 is 0. The highest BCUT2D eigenvalue weighted by atomic mass is 16.7. The zero-order chi connectivity index (χ0) is 43.9. The van der Waals surface area contributed by atoms with Gasteiger partial charge in [-0.05, 0) is 19.3 Å². The second-order valence-corrected chi connectivity index (χ2v) is 13.0. The van der Waals surface area contributed by atoms with E-state index in [9.17, 15) is 28.8 Å². The van der Waals surface area contributed by atoms with E-state index in [1.807, 2.05) is 0 Å². The lowest BCUT2D eigenvalue weighted by molar-refractivity contribution is -0.198. The average molecular weight is 883 g/mol. The van der Waals surface area contributed by atoms with E-state index in [1.165, 1.54) is 0 Å². The molecule has 0 aromatic rings. The second-order valence-electron chi connectivity index (χ2n) is 13.0. The summed E-state index contributed by atoms with van der Waals surface area (Å²) in [5.74, 6) is -3.47. The zero-order valence-corrected chi connectivity index (χ0v) is 35.4. The topological polar surface area (TPSA) is 238 Å². The molecule has 2 rings (SSSR count). The van der Waals surface area contributed by atoms with Crippen molar-refractivity contribution < 1.29 is 95.3 Å². The molecule has 2 aliphatic rings. The van der Waals surface area contributed by atoms with Crippen molar-refractivity contribution >= 4 is 35.6 Å². The molecule has 0 aromatic heterocycles. The molecule has 2 aliphatic heterocycles. The molecule has 0 atom stereocenters. The van der Waals surface area contributed by atoms with Crippen LogP contribution in [0.4, 0.5) is 0 Å². The summed E-state index contributed by atoms with van der Waals surface area (Å²) in [5, 5.41) is 1.03. The van der Waals surface area contributed by atoms with Crippen LogP contribution in [0.25, 0.3) is 0 Å². The molecule has 0 radical (unpaired) electrons. The number of carbonyl (C=O) groups is 6. The van der Waals surface area contributed by atoms with Gasteiger partial charge in [-0.1, -0.05) is 0 Å². The minimum Gasteiger partial charge on any atom is -0.379 e. The van der Waals surface area contributed by atoms with E-state index >= 15 is 0 Å². The Balaban J connectivity index is 1.14. The van der Waals surface area contributed by atoms with E-state index in [2.05, 4.69) is 0 Å². The molecule has 0 aliphatic carbocycles. The lowest BCUT2D eigenvalue weighted by atomic mass is 10.2. The summed E-state index contributed by atoms with van der Waals surface area (Å²) in [6.07, 6.45) is 2.98. The van der Waals surface area contributed by atoms with Gasteiger partial charge in [-0.25, -0.2) is 9.59 Å². The third-order valence-electron chi connectivity index (χ3n) is 8.10. The number of nitrogens with zero attached hydrogens (tertiary/aromatic N) is 2. The van der Waals surface area contributed by atoms with Crippen molar-refractivity contribution in [3.05, 3.63) is 0 Å². The molecule has 22 heteroatoms. The molecule has 2 fully saturated rings. The fourth-order valence-corrected chi connectivity index (χ4v) is 4.91. The number of ether oxygens (including phenoxy) is 12. The molecule has 0 saturated carbocycles. The summed E-state index contributed by atoms with van der Waals surface area (Å²) < 4.78 is 65.4. The molecule has 4 amide bonds. The molecule has 352 valence electrons. The SMILES string of the molecule is O=C(CCOCCOCCOCCOCCOCCOCCCCCOCCOCCOCCOCCOCCOCCC(=O)ON1C(=O)CCC1=O)ON1C(=O)CCC1=O. The maximum Gasteiger partial charge on any atom is 0.335 e. The van der Waals surface area contributed by atoms with Crippen LogP contribution in [0.1, 0.15) is 57.8 Å². The van der Waals surface area contributed by atoms with Crippen LogP contribution in [-0.2, 0) is 95.3 Å².